The summed E-state index contributed by atoms with van der Waals surface area (Å²) in [5.74, 6) is -4.45. The highest BCUT2D eigenvalue weighted by atomic mass is 35.5. The lowest BCUT2D eigenvalue weighted by atomic mass is 9.45. The number of hydrogen-bond donors (Lipinski definition) is 1. The van der Waals surface area contributed by atoms with Gasteiger partial charge in [0.2, 0.25) is 11.5 Å². The van der Waals surface area contributed by atoms with Crippen molar-refractivity contribution in [2.45, 2.75) is 56.1 Å². The van der Waals surface area contributed by atoms with Crippen LogP contribution in [0.25, 0.3) is 0 Å². The highest BCUT2D eigenvalue weighted by Crippen LogP contribution is 2.72. The van der Waals surface area contributed by atoms with Crippen LogP contribution in [0.3, 0.4) is 0 Å². The van der Waals surface area contributed by atoms with E-state index in [9.17, 15) is 24.3 Å². The summed E-state index contributed by atoms with van der Waals surface area (Å²) in [6.07, 6.45) is 7.65. The van der Waals surface area contributed by atoms with Gasteiger partial charge in [0.25, 0.3) is 0 Å². The van der Waals surface area contributed by atoms with Crippen molar-refractivity contribution in [3.05, 3.63) is 72.1 Å². The number of fused-ring (bicyclic) bond motifs is 5. The quantitative estimate of drug-likeness (QED) is 0.319. The van der Waals surface area contributed by atoms with Crippen LogP contribution >= 0.6 is 23.2 Å². The highest BCUT2D eigenvalue weighted by molar-refractivity contribution is 6.29. The Balaban J connectivity index is 1.53. The lowest BCUT2D eigenvalue weighted by Gasteiger charge is -2.64. The number of furan rings is 2. The number of ether oxygens (including phenoxy) is 2. The molecule has 11 heteroatoms. The first-order chi connectivity index (χ1) is 20.5. The predicted molar refractivity (Wildman–Crippen MR) is 154 cm³/mol. The zero-order valence-electron chi connectivity index (χ0n) is 23.7. The van der Waals surface area contributed by atoms with Crippen molar-refractivity contribution < 1.29 is 42.6 Å². The minimum absolute atomic E-state index is 0.0461. The van der Waals surface area contributed by atoms with Crippen LogP contribution in [0.4, 0.5) is 0 Å². The highest BCUT2D eigenvalue weighted by Gasteiger charge is 2.78. The van der Waals surface area contributed by atoms with Crippen LogP contribution in [0.5, 0.6) is 0 Å². The van der Waals surface area contributed by atoms with E-state index in [4.69, 9.17) is 41.5 Å². The number of ketones is 2. The van der Waals surface area contributed by atoms with E-state index in [2.05, 4.69) is 0 Å². The molecular weight excluding hydrogens is 599 g/mol. The van der Waals surface area contributed by atoms with Gasteiger partial charge in [-0.15, -0.1) is 23.2 Å². The Morgan fingerprint density at radius 2 is 1.77 bits per heavy atom. The van der Waals surface area contributed by atoms with Crippen molar-refractivity contribution >= 4 is 46.7 Å². The maximum absolute atomic E-state index is 14.0. The Labute approximate surface area is 258 Å². The number of aliphatic hydroxyl groups excluding tert-OH is 1. The number of aliphatic hydroxyl groups is 1. The number of carbonyl (C=O) groups excluding carboxylic acids is 4. The summed E-state index contributed by atoms with van der Waals surface area (Å²) in [4.78, 5) is 52.0. The van der Waals surface area contributed by atoms with E-state index in [1.807, 2.05) is 6.92 Å². The second-order valence-electron chi connectivity index (χ2n) is 12.3. The lowest BCUT2D eigenvalue weighted by molar-refractivity contribution is -0.193. The van der Waals surface area contributed by atoms with E-state index in [1.54, 1.807) is 25.1 Å². The molecule has 0 saturated heterocycles. The minimum Gasteiger partial charge on any atom is -0.457 e. The van der Waals surface area contributed by atoms with Crippen LogP contribution in [0.2, 0.25) is 0 Å². The van der Waals surface area contributed by atoms with E-state index in [1.165, 1.54) is 36.8 Å². The number of hydrogen-bond acceptors (Lipinski definition) is 9. The Bertz CT molecular complexity index is 1510. The molecule has 228 valence electrons. The van der Waals surface area contributed by atoms with Gasteiger partial charge < -0.3 is 23.4 Å². The second kappa shape index (κ2) is 10.5. The van der Waals surface area contributed by atoms with Crippen LogP contribution in [0.15, 0.2) is 69.4 Å². The van der Waals surface area contributed by atoms with Gasteiger partial charge in [-0.25, -0.2) is 9.59 Å². The molecule has 6 rings (SSSR count). The molecule has 0 bridgehead atoms. The van der Waals surface area contributed by atoms with Crippen molar-refractivity contribution in [3.8, 4) is 0 Å². The average Bonchev–Trinajstić information content (AvgIpc) is 3.76. The zero-order valence-corrected chi connectivity index (χ0v) is 25.2. The number of carbonyl (C=O) groups is 4. The fourth-order valence-electron chi connectivity index (χ4n) is 8.79. The molecule has 0 aliphatic heterocycles. The van der Waals surface area contributed by atoms with Crippen LogP contribution in [-0.4, -0.2) is 57.7 Å². The SMILES string of the molecule is C[C@@H]1C[C@H]2[C@@H]3CCC4=CC(=O)C=C[C@]4(C)C3(Cl)[C@@H](OC(=O)c3ccco3)C[C@]2(CO)[C@@]1(OC(=O)c1ccco1)C(=O)CCl. The van der Waals surface area contributed by atoms with Crippen molar-refractivity contribution in [2.75, 3.05) is 12.5 Å². The summed E-state index contributed by atoms with van der Waals surface area (Å²) in [6.45, 7) is 3.15. The number of halogens is 2. The van der Waals surface area contributed by atoms with E-state index < -0.39 is 75.4 Å². The molecule has 4 aliphatic rings. The first-order valence-electron chi connectivity index (χ1n) is 14.3. The van der Waals surface area contributed by atoms with Gasteiger partial charge in [-0.2, -0.15) is 0 Å². The molecule has 1 N–H and O–H groups in total. The molecule has 0 radical (unpaired) electrons. The van der Waals surface area contributed by atoms with Crippen molar-refractivity contribution in [2.24, 2.45) is 28.6 Å². The maximum atomic E-state index is 14.0. The van der Waals surface area contributed by atoms with Gasteiger partial charge >= 0.3 is 11.9 Å². The molecule has 0 amide bonds. The van der Waals surface area contributed by atoms with Gasteiger partial charge in [-0.1, -0.05) is 25.5 Å². The normalized spacial score (nSPS) is 38.0. The molecule has 43 heavy (non-hydrogen) atoms. The molecule has 8 atom stereocenters. The molecule has 3 fully saturated rings. The third-order valence-electron chi connectivity index (χ3n) is 10.6. The summed E-state index contributed by atoms with van der Waals surface area (Å²) < 4.78 is 22.9. The van der Waals surface area contributed by atoms with E-state index >= 15 is 0 Å². The van der Waals surface area contributed by atoms with Crippen molar-refractivity contribution in [1.29, 1.82) is 0 Å². The van der Waals surface area contributed by atoms with Gasteiger partial charge in [0.05, 0.1) is 29.9 Å². The minimum atomic E-state index is -1.87. The molecule has 9 nitrogen and oxygen atoms in total. The Morgan fingerprint density at radius 1 is 1.09 bits per heavy atom. The van der Waals surface area contributed by atoms with E-state index in [-0.39, 0.29) is 23.7 Å². The molecular formula is C32H32Cl2O9. The van der Waals surface area contributed by atoms with Crippen LogP contribution in [-0.2, 0) is 19.1 Å². The molecule has 3 saturated carbocycles. The van der Waals surface area contributed by atoms with Crippen LogP contribution in [0.1, 0.15) is 60.6 Å². The number of Topliss-reactive ketones (excluding diaryl/α,β-unsaturated/α-hetero) is 1. The standard InChI is InChI=1S/C32H32Cl2O9/c1-18-13-22-21-8-7-19-14-20(36)9-10-29(19,2)31(21,34)26(42-27(38)23-5-3-11-40-23)15-30(22,17-35)32(18,25(37)16-33)43-28(39)24-6-4-12-41-24/h3-6,9-12,14,18,21-22,26,35H,7-8,13,15-17H2,1-2H3/t18-,21+,22+,26+,29+,30-,31?,32+/m1/s1. The summed E-state index contributed by atoms with van der Waals surface area (Å²) >= 11 is 14.0. The number of alkyl halides is 2. The van der Waals surface area contributed by atoms with Gasteiger partial charge in [0, 0.05) is 16.7 Å². The average molecular weight is 632 g/mol. The van der Waals surface area contributed by atoms with Crippen LogP contribution < -0.4 is 0 Å². The summed E-state index contributed by atoms with van der Waals surface area (Å²) in [7, 11) is 0. The fourth-order valence-corrected chi connectivity index (χ4v) is 9.55. The predicted octanol–water partition coefficient (Wildman–Crippen LogP) is 5.30. The first-order valence-corrected chi connectivity index (χ1v) is 15.2. The molecule has 2 aromatic rings. The van der Waals surface area contributed by atoms with Gasteiger partial charge in [-0.3, -0.25) is 9.59 Å². The monoisotopic (exact) mass is 630 g/mol. The molecule has 0 aromatic carbocycles. The second-order valence-corrected chi connectivity index (χ2v) is 13.2. The fraction of sp³-hybridized carbons (Fsp3) is 0.500. The van der Waals surface area contributed by atoms with Crippen molar-refractivity contribution in [3.63, 3.8) is 0 Å². The Kier molecular flexibility index (Phi) is 7.30. The molecule has 4 aliphatic carbocycles. The Morgan fingerprint density at radius 3 is 2.37 bits per heavy atom. The maximum Gasteiger partial charge on any atom is 0.375 e. The number of allylic oxidation sites excluding steroid dienone is 4. The summed E-state index contributed by atoms with van der Waals surface area (Å²) in [6, 6.07) is 5.97. The lowest BCUT2D eigenvalue weighted by Crippen LogP contribution is -2.71. The third-order valence-corrected chi connectivity index (χ3v) is 11.8. The number of rotatable bonds is 7. The van der Waals surface area contributed by atoms with Gasteiger partial charge in [0.15, 0.2) is 17.2 Å². The van der Waals surface area contributed by atoms with Crippen LogP contribution in [0, 0.1) is 28.6 Å². The molecule has 0 spiro atoms. The van der Waals surface area contributed by atoms with E-state index in [0.717, 1.165) is 5.57 Å². The topological polar surface area (TPSA) is 133 Å². The van der Waals surface area contributed by atoms with E-state index in [0.29, 0.717) is 19.3 Å². The summed E-state index contributed by atoms with van der Waals surface area (Å²) in [5, 5.41) is 11.4. The first kappa shape index (κ1) is 29.9. The molecule has 2 aromatic heterocycles. The Hall–Kier alpha value is -3.14. The molecule has 1 unspecified atom stereocenters. The largest absolute Gasteiger partial charge is 0.457 e. The smallest absolute Gasteiger partial charge is 0.375 e. The van der Waals surface area contributed by atoms with Gasteiger partial charge in [0.1, 0.15) is 6.10 Å². The van der Waals surface area contributed by atoms with Crippen molar-refractivity contribution in [1.82, 2.24) is 0 Å². The molecule has 2 heterocycles. The summed E-state index contributed by atoms with van der Waals surface area (Å²) in [5.41, 5.74) is -3.37. The zero-order chi connectivity index (χ0) is 30.8. The number of esters is 2. The van der Waals surface area contributed by atoms with Gasteiger partial charge in [-0.05, 0) is 73.9 Å². The third kappa shape index (κ3) is 4.00.